The van der Waals surface area contributed by atoms with E-state index in [0.29, 0.717) is 52.4 Å². The lowest BCUT2D eigenvalue weighted by atomic mass is 10.1. The van der Waals surface area contributed by atoms with Crippen molar-refractivity contribution in [2.45, 2.75) is 18.6 Å². The molecule has 1 N–H and O–H groups in total. The minimum absolute atomic E-state index is 0.0986. The number of nitriles is 1. The molecule has 1 amide bonds. The SMILES string of the molecule is [2H]CN(C[2H])C(=O)[C@@H]1C[C@H](Oc2cc3c(Nc4cccc(C#N)c4)ncnc3cc2OC)CN1C[2H]. The predicted molar refractivity (Wildman–Crippen MR) is 125 cm³/mol. The Labute approximate surface area is 196 Å². The number of anilines is 2. The molecule has 0 saturated carbocycles. The molecule has 4 rings (SSSR count). The summed E-state index contributed by atoms with van der Waals surface area (Å²) >= 11 is 0. The van der Waals surface area contributed by atoms with Crippen molar-refractivity contribution >= 4 is 28.3 Å². The smallest absolute Gasteiger partial charge is 0.239 e. The zero-order valence-electron chi connectivity index (χ0n) is 21.2. The fraction of sp³-hybridized carbons (Fsp3) is 0.333. The van der Waals surface area contributed by atoms with E-state index in [2.05, 4.69) is 21.4 Å². The summed E-state index contributed by atoms with van der Waals surface area (Å²) in [6, 6.07) is 12.0. The first-order valence-electron chi connectivity index (χ1n) is 12.3. The second-order valence-corrected chi connectivity index (χ2v) is 7.70. The van der Waals surface area contributed by atoms with Gasteiger partial charge < -0.3 is 19.7 Å². The number of ether oxygens (including phenoxy) is 2. The lowest BCUT2D eigenvalue weighted by molar-refractivity contribution is -0.133. The Morgan fingerprint density at radius 2 is 2.18 bits per heavy atom. The van der Waals surface area contributed by atoms with Crippen LogP contribution in [0, 0.1) is 11.3 Å². The Balaban J connectivity index is 1.62. The molecule has 3 aromatic rings. The van der Waals surface area contributed by atoms with Crippen LogP contribution >= 0.6 is 0 Å². The van der Waals surface area contributed by atoms with E-state index >= 15 is 0 Å². The molecule has 0 aliphatic carbocycles. The van der Waals surface area contributed by atoms with Crippen molar-refractivity contribution < 1.29 is 18.4 Å². The highest BCUT2D eigenvalue weighted by Gasteiger charge is 2.36. The van der Waals surface area contributed by atoms with Gasteiger partial charge in [-0.2, -0.15) is 5.26 Å². The van der Waals surface area contributed by atoms with Gasteiger partial charge in [0.05, 0.1) is 30.3 Å². The molecule has 1 aromatic heterocycles. The number of methoxy groups -OCH3 is 1. The predicted octanol–water partition coefficient (Wildman–Crippen LogP) is 2.79. The number of nitrogens with zero attached hydrogens (tertiary/aromatic N) is 5. The molecule has 2 heterocycles. The summed E-state index contributed by atoms with van der Waals surface area (Å²) in [5.74, 6) is 1.08. The van der Waals surface area contributed by atoms with Crippen molar-refractivity contribution in [2.24, 2.45) is 0 Å². The highest BCUT2D eigenvalue weighted by Crippen LogP contribution is 2.36. The van der Waals surface area contributed by atoms with Gasteiger partial charge in [-0.1, -0.05) is 6.07 Å². The maximum atomic E-state index is 12.8. The minimum atomic E-state index is -0.623. The van der Waals surface area contributed by atoms with Gasteiger partial charge in [-0.15, -0.1) is 0 Å². The van der Waals surface area contributed by atoms with Crippen LogP contribution in [-0.2, 0) is 4.79 Å². The third-order valence-corrected chi connectivity index (χ3v) is 5.43. The molecule has 1 aliphatic heterocycles. The van der Waals surface area contributed by atoms with E-state index in [9.17, 15) is 10.1 Å². The van der Waals surface area contributed by atoms with E-state index in [1.165, 1.54) is 13.4 Å². The van der Waals surface area contributed by atoms with Crippen LogP contribution < -0.4 is 14.8 Å². The molecule has 0 radical (unpaired) electrons. The van der Waals surface area contributed by atoms with Gasteiger partial charge in [-0.05, 0) is 31.3 Å². The second kappa shape index (κ2) is 9.30. The number of hydrogen-bond acceptors (Lipinski definition) is 8. The second-order valence-electron chi connectivity index (χ2n) is 7.70. The van der Waals surface area contributed by atoms with E-state index in [1.807, 2.05) is 6.07 Å². The number of carbonyl (C=O) groups excluding carboxylic acids is 1. The molecular weight excluding hydrogens is 420 g/mol. The average Bonchev–Trinajstić information content (AvgIpc) is 3.32. The number of likely N-dealkylation sites (tertiary alicyclic amines) is 1. The first-order valence-corrected chi connectivity index (χ1v) is 10.2. The van der Waals surface area contributed by atoms with Crippen LogP contribution in [0.3, 0.4) is 0 Å². The van der Waals surface area contributed by atoms with E-state index in [1.54, 1.807) is 35.2 Å². The fourth-order valence-electron chi connectivity index (χ4n) is 3.81. The lowest BCUT2D eigenvalue weighted by Gasteiger charge is -2.21. The topological polar surface area (TPSA) is 104 Å². The van der Waals surface area contributed by atoms with Crippen molar-refractivity contribution in [2.75, 3.05) is 40.0 Å². The highest BCUT2D eigenvalue weighted by molar-refractivity contribution is 5.93. The first-order chi connectivity index (χ1) is 17.5. The zero-order valence-corrected chi connectivity index (χ0v) is 18.2. The summed E-state index contributed by atoms with van der Waals surface area (Å²) in [6.45, 7) is 0.349. The largest absolute Gasteiger partial charge is 0.493 e. The molecule has 0 spiro atoms. The fourth-order valence-corrected chi connectivity index (χ4v) is 3.81. The molecule has 2 atom stereocenters. The number of benzene rings is 2. The van der Waals surface area contributed by atoms with Gasteiger partial charge in [0.1, 0.15) is 18.2 Å². The van der Waals surface area contributed by atoms with Crippen LogP contribution in [0.5, 0.6) is 11.5 Å². The first kappa shape index (κ1) is 18.7. The molecule has 0 unspecified atom stereocenters. The summed E-state index contributed by atoms with van der Waals surface area (Å²) in [5.41, 5.74) is 1.84. The van der Waals surface area contributed by atoms with E-state index in [0.717, 1.165) is 4.90 Å². The Morgan fingerprint density at radius 1 is 1.30 bits per heavy atom. The standard InChI is InChI=1S/C24H26N6O3/c1-29(2)24(31)20-9-17(13-30(20)3)33-22-10-18-19(11-21(22)32-4)26-14-27-23(18)28-16-7-5-6-15(8-16)12-25/h5-8,10-11,14,17,20H,9,13H2,1-4H3,(H,26,27,28)/t17-,20-/m0/s1/i1D,2D,3D. The molecule has 1 saturated heterocycles. The third-order valence-electron chi connectivity index (χ3n) is 5.43. The van der Waals surface area contributed by atoms with Gasteiger partial charge in [0.15, 0.2) is 11.5 Å². The van der Waals surface area contributed by atoms with Crippen LogP contribution in [0.4, 0.5) is 11.5 Å². The Morgan fingerprint density at radius 3 is 2.94 bits per heavy atom. The van der Waals surface area contributed by atoms with Gasteiger partial charge in [-0.3, -0.25) is 9.69 Å². The monoisotopic (exact) mass is 449 g/mol. The number of fused-ring (bicyclic) bond motifs is 1. The molecule has 9 nitrogen and oxygen atoms in total. The van der Waals surface area contributed by atoms with Crippen molar-refractivity contribution in [1.82, 2.24) is 19.8 Å². The summed E-state index contributed by atoms with van der Waals surface area (Å²) < 4.78 is 34.6. The van der Waals surface area contributed by atoms with Gasteiger partial charge in [0.2, 0.25) is 5.91 Å². The molecule has 1 aliphatic rings. The van der Waals surface area contributed by atoms with Gasteiger partial charge >= 0.3 is 0 Å². The van der Waals surface area contributed by atoms with Crippen LogP contribution in [0.1, 0.15) is 16.1 Å². The molecule has 0 bridgehead atoms. The quantitative estimate of drug-likeness (QED) is 0.613. The average molecular weight is 450 g/mol. The van der Waals surface area contributed by atoms with E-state index < -0.39 is 12.1 Å². The summed E-state index contributed by atoms with van der Waals surface area (Å²) in [5, 5.41) is 13.1. The Bertz CT molecular complexity index is 1280. The Hall–Kier alpha value is -3.90. The van der Waals surface area contributed by atoms with Crippen LogP contribution in [-0.4, -0.2) is 72.5 Å². The van der Waals surface area contributed by atoms with Crippen LogP contribution in [0.25, 0.3) is 10.9 Å². The summed E-state index contributed by atoms with van der Waals surface area (Å²) in [7, 11) is 0.821. The normalized spacial score (nSPS) is 19.2. The molecule has 9 heteroatoms. The van der Waals surface area contributed by atoms with Crippen molar-refractivity contribution in [1.29, 1.82) is 5.26 Å². The summed E-state index contributed by atoms with van der Waals surface area (Å²) in [4.78, 5) is 24.3. The van der Waals surface area contributed by atoms with E-state index in [4.69, 9.17) is 13.6 Å². The van der Waals surface area contributed by atoms with E-state index in [-0.39, 0.29) is 27.0 Å². The number of aromatic nitrogens is 2. The zero-order chi connectivity index (χ0) is 25.7. The molecule has 170 valence electrons. The van der Waals surface area contributed by atoms with Crippen molar-refractivity contribution in [3.63, 3.8) is 0 Å². The number of nitrogens with one attached hydrogen (secondary N) is 1. The Kier molecular flexibility index (Phi) is 5.26. The van der Waals surface area contributed by atoms with Gasteiger partial charge in [0.25, 0.3) is 0 Å². The lowest BCUT2D eigenvalue weighted by Crippen LogP contribution is -2.40. The number of rotatable bonds is 6. The maximum Gasteiger partial charge on any atom is 0.239 e. The van der Waals surface area contributed by atoms with Crippen molar-refractivity contribution in [3.8, 4) is 17.6 Å². The number of hydrogen-bond donors (Lipinski definition) is 1. The number of carbonyl (C=O) groups is 1. The van der Waals surface area contributed by atoms with Crippen molar-refractivity contribution in [3.05, 3.63) is 48.3 Å². The van der Waals surface area contributed by atoms with Crippen LogP contribution in [0.2, 0.25) is 0 Å². The molecule has 2 aromatic carbocycles. The maximum absolute atomic E-state index is 12.8. The number of amides is 1. The molecular formula is C24H26N6O3. The van der Waals surface area contributed by atoms with Gasteiger partial charge in [0, 0.05) is 48.3 Å². The third kappa shape index (κ3) is 4.66. The van der Waals surface area contributed by atoms with Gasteiger partial charge in [-0.25, -0.2) is 9.97 Å². The highest BCUT2D eigenvalue weighted by atomic mass is 16.5. The molecule has 33 heavy (non-hydrogen) atoms. The number of likely N-dealkylation sites (N-methyl/N-ethyl adjacent to an activating group) is 2. The minimum Gasteiger partial charge on any atom is -0.493 e. The van der Waals surface area contributed by atoms with Crippen LogP contribution in [0.15, 0.2) is 42.7 Å². The summed E-state index contributed by atoms with van der Waals surface area (Å²) in [6.07, 6.45) is 1.36. The molecule has 1 fully saturated rings.